The Bertz CT molecular complexity index is 2120. The van der Waals surface area contributed by atoms with Crippen LogP contribution in [-0.2, 0) is 74.2 Å². The third-order valence-electron chi connectivity index (χ3n) is 6.30. The Morgan fingerprint density at radius 3 is 1.52 bits per heavy atom. The summed E-state index contributed by atoms with van der Waals surface area (Å²) in [6.45, 7) is 0.762. The zero-order valence-corrected chi connectivity index (χ0v) is 36.5. The molecule has 0 aliphatic heterocycles. The van der Waals surface area contributed by atoms with E-state index in [4.69, 9.17) is 9.84 Å². The Morgan fingerprint density at radius 1 is 0.788 bits per heavy atom. The standard InChI is InChI=1S/C13H14F2N4O4.C9H9N4O3.C4H6F2O.CH2I2.CH3I.V/c1-7(10(14)15)5-23-8(20)4-19-6-16-11-9(19)12(21)18(3)13(22)17(11)2;1-11-7-6(8(15)12(2)9(11)16)13(3-4-14)5-10-7;1-3(2-7)4(5)6;2-1-3;1-2;/h6H,4-5H2,1-3H3;5H,3H2,1-2H3;7H,2H2,1H3;1H2;1H3;/q;-1;;;;. The maximum Gasteiger partial charge on any atom is 0.332 e. The van der Waals surface area contributed by atoms with Gasteiger partial charge in [0.15, 0.2) is 16.8 Å². The first-order valence-corrected chi connectivity index (χ1v) is 19.0. The Morgan fingerprint density at radius 2 is 1.17 bits per heavy atom. The Hall–Kier alpha value is -2.63. The number of fused-ring (bicyclic) bond motifs is 2. The zero-order valence-electron chi connectivity index (χ0n) is 28.7. The molecule has 0 atom stereocenters. The van der Waals surface area contributed by atoms with Crippen molar-refractivity contribution in [3.05, 3.63) is 77.6 Å². The van der Waals surface area contributed by atoms with Crippen LogP contribution in [0.2, 0.25) is 0 Å². The molecule has 1 N–H and O–H groups in total. The third kappa shape index (κ3) is 14.0. The van der Waals surface area contributed by atoms with Crippen molar-refractivity contribution < 1.29 is 55.5 Å². The van der Waals surface area contributed by atoms with E-state index in [1.165, 1.54) is 68.5 Å². The van der Waals surface area contributed by atoms with Crippen LogP contribution in [0.3, 0.4) is 0 Å². The number of aryl methyl sites for hydroxylation is 2. The van der Waals surface area contributed by atoms with E-state index in [9.17, 15) is 46.3 Å². The maximum atomic E-state index is 12.2. The number of esters is 1. The summed E-state index contributed by atoms with van der Waals surface area (Å²) in [5.41, 5.74) is -2.02. The number of ether oxygens (including phenoxy) is 1. The molecule has 0 fully saturated rings. The number of aliphatic hydroxyl groups excluding tert-OH is 1. The Kier molecular flexibility index (Phi) is 25.1. The van der Waals surface area contributed by atoms with E-state index in [1.54, 1.807) is 6.29 Å². The number of hydrogen-bond donors (Lipinski definition) is 1. The fourth-order valence-electron chi connectivity index (χ4n) is 3.59. The second-order valence-corrected chi connectivity index (χ2v) is 14.1. The van der Waals surface area contributed by atoms with Crippen molar-refractivity contribution in [2.24, 2.45) is 28.2 Å². The van der Waals surface area contributed by atoms with Gasteiger partial charge in [0.2, 0.25) is 0 Å². The molecule has 4 aromatic rings. The first-order valence-electron chi connectivity index (χ1n) is 13.8. The van der Waals surface area contributed by atoms with E-state index in [1.807, 2.05) is 4.93 Å². The number of halogens is 7. The van der Waals surface area contributed by atoms with Crippen LogP contribution in [0.5, 0.6) is 0 Å². The molecule has 52 heavy (non-hydrogen) atoms. The monoisotopic (exact) mass is 1120 g/mol. The van der Waals surface area contributed by atoms with Gasteiger partial charge >= 0.3 is 17.3 Å². The smallest absolute Gasteiger partial charge is 0.332 e. The van der Waals surface area contributed by atoms with E-state index in [0.29, 0.717) is 0 Å². The summed E-state index contributed by atoms with van der Waals surface area (Å²) in [6.07, 6.45) is 0.541. The number of hydrogen-bond acceptors (Lipinski definition) is 10. The minimum Gasteiger partial charge on any atom is -0.540 e. The first kappa shape index (κ1) is 51.5. The van der Waals surface area contributed by atoms with Gasteiger partial charge in [-0.3, -0.25) is 32.7 Å². The summed E-state index contributed by atoms with van der Waals surface area (Å²) in [6, 6.07) is 0. The van der Waals surface area contributed by atoms with Crippen LogP contribution in [0, 0.1) is 0 Å². The van der Waals surface area contributed by atoms with Crippen LogP contribution in [0.15, 0.2) is 55.1 Å². The van der Waals surface area contributed by atoms with Crippen LogP contribution in [0.1, 0.15) is 13.8 Å². The Balaban J connectivity index is 0. The molecule has 0 bridgehead atoms. The van der Waals surface area contributed by atoms with Gasteiger partial charge in [-0.25, -0.2) is 25.8 Å². The van der Waals surface area contributed by atoms with Gasteiger partial charge in [0.1, 0.15) is 18.7 Å². The summed E-state index contributed by atoms with van der Waals surface area (Å²) in [4.78, 5) is 79.2. The molecule has 16 nitrogen and oxygen atoms in total. The fourth-order valence-corrected chi connectivity index (χ4v) is 3.59. The van der Waals surface area contributed by atoms with E-state index in [-0.39, 0.29) is 65.1 Å². The molecule has 0 aliphatic rings. The van der Waals surface area contributed by atoms with Crippen molar-refractivity contribution in [3.8, 4) is 0 Å². The summed E-state index contributed by atoms with van der Waals surface area (Å²) >= 11 is 6.70. The number of carbonyl (C=O) groups is 1. The van der Waals surface area contributed by atoms with Gasteiger partial charge in [-0.15, -0.1) is 0 Å². The minimum atomic E-state index is -1.91. The molecular weight excluding hydrogens is 1080 g/mol. The average Bonchev–Trinajstić information content (AvgIpc) is 3.73. The number of rotatable bonds is 7. The molecule has 289 valence electrons. The second-order valence-electron chi connectivity index (χ2n) is 9.65. The molecule has 0 amide bonds. The van der Waals surface area contributed by atoms with Gasteiger partial charge < -0.3 is 23.8 Å². The number of nitrogens with zero attached hydrogens (tertiary/aromatic N) is 8. The zero-order chi connectivity index (χ0) is 39.7. The molecule has 1 radical (unpaired) electrons. The van der Waals surface area contributed by atoms with Gasteiger partial charge in [-0.1, -0.05) is 74.3 Å². The number of alkyl halides is 3. The summed E-state index contributed by atoms with van der Waals surface area (Å²) in [5.74, 6) is -0.805. The molecule has 0 aromatic carbocycles. The number of aliphatic hydroxyl groups is 1. The largest absolute Gasteiger partial charge is 0.540 e. The maximum absolute atomic E-state index is 12.2. The summed E-state index contributed by atoms with van der Waals surface area (Å²) in [5, 5.41) is 7.97. The second kappa shape index (κ2) is 25.4. The number of carbonyl (C=O) groups excluding carboxylic acids is 2. The minimum absolute atomic E-state index is 0. The van der Waals surface area contributed by atoms with Crippen molar-refractivity contribution in [2.75, 3.05) is 20.6 Å². The van der Waals surface area contributed by atoms with Crippen molar-refractivity contribution >= 4 is 102 Å². The SMILES string of the molecule is CC(CO)=C(F)F.CC(COC(=O)Cn1cnc2c1c(=O)n(C)c(=O)n2C)=C(F)F.CI.Cn1c(=O)c2c(ncn2C[C-]=O)n(C)c1=O.ICI.[V]. The van der Waals surface area contributed by atoms with Gasteiger partial charge in [0, 0.05) is 57.9 Å². The molecular formula is C28H34F4I3N8O8V-. The van der Waals surface area contributed by atoms with Crippen LogP contribution in [0.4, 0.5) is 17.6 Å². The predicted molar refractivity (Wildman–Crippen MR) is 207 cm³/mol. The van der Waals surface area contributed by atoms with Gasteiger partial charge in [0.25, 0.3) is 23.3 Å². The van der Waals surface area contributed by atoms with Gasteiger partial charge in [-0.05, 0) is 18.8 Å². The molecule has 0 saturated carbocycles. The van der Waals surface area contributed by atoms with E-state index in [0.717, 1.165) is 16.1 Å². The molecule has 4 heterocycles. The molecule has 0 aliphatic carbocycles. The number of imidazole rings is 2. The van der Waals surface area contributed by atoms with Crippen molar-refractivity contribution in [3.63, 3.8) is 0 Å². The van der Waals surface area contributed by atoms with Crippen molar-refractivity contribution in [1.82, 2.24) is 37.4 Å². The first-order chi connectivity index (χ1) is 23.9. The molecule has 0 unspecified atom stereocenters. The van der Waals surface area contributed by atoms with Gasteiger partial charge in [-0.2, -0.15) is 17.6 Å². The van der Waals surface area contributed by atoms with Crippen LogP contribution >= 0.6 is 67.8 Å². The van der Waals surface area contributed by atoms with E-state index < -0.39 is 53.8 Å². The topological polar surface area (TPSA) is 187 Å². The Labute approximate surface area is 345 Å². The predicted octanol–water partition coefficient (Wildman–Crippen LogP) is 2.70. The molecule has 0 saturated heterocycles. The van der Waals surface area contributed by atoms with Crippen LogP contribution in [-0.4, -0.2) is 75.3 Å². The number of aromatic nitrogens is 8. The molecule has 4 rings (SSSR count). The van der Waals surface area contributed by atoms with Crippen molar-refractivity contribution in [1.29, 1.82) is 0 Å². The molecule has 0 spiro atoms. The van der Waals surface area contributed by atoms with E-state index >= 15 is 0 Å². The normalized spacial score (nSPS) is 9.75. The summed E-state index contributed by atoms with van der Waals surface area (Å²) < 4.78 is 59.6. The van der Waals surface area contributed by atoms with Crippen molar-refractivity contribution in [2.45, 2.75) is 26.9 Å². The van der Waals surface area contributed by atoms with E-state index in [2.05, 4.69) is 77.7 Å². The summed E-state index contributed by atoms with van der Waals surface area (Å²) in [7, 11) is 5.65. The molecule has 24 heteroatoms. The van der Waals surface area contributed by atoms with Crippen LogP contribution < -0.4 is 22.5 Å². The average molecular weight is 1120 g/mol. The van der Waals surface area contributed by atoms with Crippen LogP contribution in [0.25, 0.3) is 22.3 Å². The van der Waals surface area contributed by atoms with Gasteiger partial charge in [0.05, 0.1) is 21.7 Å². The molecule has 4 aromatic heterocycles. The fraction of sp³-hybridized carbons (Fsp3) is 0.429. The quantitative estimate of drug-likeness (QED) is 0.0949. The third-order valence-corrected chi connectivity index (χ3v) is 6.30.